The number of esters is 1. The summed E-state index contributed by atoms with van der Waals surface area (Å²) in [5.41, 5.74) is 3.69. The second kappa shape index (κ2) is 11.1. The van der Waals surface area contributed by atoms with Gasteiger partial charge in [0, 0.05) is 22.5 Å². The number of para-hydroxylation sites is 3. The van der Waals surface area contributed by atoms with Gasteiger partial charge in [0.25, 0.3) is 5.82 Å². The van der Waals surface area contributed by atoms with Crippen molar-refractivity contribution < 1.29 is 23.8 Å². The first kappa shape index (κ1) is 26.1. The van der Waals surface area contributed by atoms with Crippen molar-refractivity contribution in [3.8, 4) is 28.6 Å². The van der Waals surface area contributed by atoms with E-state index in [1.807, 2.05) is 103 Å². The summed E-state index contributed by atoms with van der Waals surface area (Å²) < 4.78 is 21.0. The molecule has 206 valence electrons. The number of hydrogen-bond donors (Lipinski definition) is 0. The van der Waals surface area contributed by atoms with Crippen LogP contribution in [0.15, 0.2) is 91.0 Å². The summed E-state index contributed by atoms with van der Waals surface area (Å²) in [5, 5.41) is 4.41. The number of aryl methyl sites for hydroxylation is 1. The molecule has 0 saturated heterocycles. The smallest absolute Gasteiger partial charge is 0.378 e. The van der Waals surface area contributed by atoms with Crippen LogP contribution in [0, 0.1) is 13.8 Å². The fraction of sp³-hybridized carbons (Fsp3) is 0.188. The number of rotatable bonds is 8. The Balaban J connectivity index is 1.16. The average molecular weight is 549 g/mol. The van der Waals surface area contributed by atoms with Gasteiger partial charge in [0.2, 0.25) is 5.78 Å². The van der Waals surface area contributed by atoms with Gasteiger partial charge in [-0.15, -0.1) is 5.10 Å². The van der Waals surface area contributed by atoms with Gasteiger partial charge in [0.05, 0.1) is 12.2 Å². The van der Waals surface area contributed by atoms with E-state index in [1.165, 1.54) is 0 Å². The van der Waals surface area contributed by atoms with Gasteiger partial charge in [-0.2, -0.15) is 0 Å². The first-order valence-electron chi connectivity index (χ1n) is 13.3. The molecule has 2 aromatic heterocycles. The van der Waals surface area contributed by atoms with Gasteiger partial charge in [0.15, 0.2) is 30.0 Å². The number of hydrogen-bond acceptors (Lipinski definition) is 7. The highest BCUT2D eigenvalue weighted by Crippen LogP contribution is 2.31. The van der Waals surface area contributed by atoms with Gasteiger partial charge < -0.3 is 18.8 Å². The minimum absolute atomic E-state index is 0.124. The lowest BCUT2D eigenvalue weighted by molar-refractivity contribution is 0.0462. The van der Waals surface area contributed by atoms with E-state index < -0.39 is 12.6 Å². The predicted molar refractivity (Wildman–Crippen MR) is 152 cm³/mol. The Hall–Kier alpha value is -5.18. The Morgan fingerprint density at radius 3 is 2.37 bits per heavy atom. The van der Waals surface area contributed by atoms with Crippen LogP contribution in [0.4, 0.5) is 0 Å². The van der Waals surface area contributed by atoms with Crippen LogP contribution in [0.25, 0.3) is 17.1 Å². The number of carbonyl (C=O) groups excluding carboxylic acids is 2. The van der Waals surface area contributed by atoms with E-state index in [-0.39, 0.29) is 17.7 Å². The molecular weight excluding hydrogens is 520 g/mol. The lowest BCUT2D eigenvalue weighted by Gasteiger charge is -2.27. The number of ether oxygens (including phenoxy) is 3. The number of fused-ring (bicyclic) bond motifs is 1. The van der Waals surface area contributed by atoms with Crippen LogP contribution in [0.1, 0.15) is 32.4 Å². The van der Waals surface area contributed by atoms with Crippen molar-refractivity contribution >= 4 is 11.8 Å². The first-order chi connectivity index (χ1) is 20.0. The Labute approximate surface area is 236 Å². The molecule has 41 heavy (non-hydrogen) atoms. The fourth-order valence-corrected chi connectivity index (χ4v) is 4.92. The molecule has 0 fully saturated rings. The van der Waals surface area contributed by atoms with Crippen LogP contribution in [0.2, 0.25) is 0 Å². The molecule has 6 rings (SSSR count). The number of benzene rings is 3. The Morgan fingerprint density at radius 2 is 1.61 bits per heavy atom. The van der Waals surface area contributed by atoms with Gasteiger partial charge in [-0.1, -0.05) is 60.7 Å². The number of aromatic nitrogens is 4. The minimum Gasteiger partial charge on any atom is -0.486 e. The molecule has 0 bridgehead atoms. The summed E-state index contributed by atoms with van der Waals surface area (Å²) in [4.78, 5) is 30.6. The van der Waals surface area contributed by atoms with Gasteiger partial charge in [-0.05, 0) is 44.2 Å². The van der Waals surface area contributed by atoms with Crippen LogP contribution < -0.4 is 9.47 Å². The molecule has 1 aliphatic heterocycles. The molecule has 1 aliphatic rings. The van der Waals surface area contributed by atoms with Crippen LogP contribution in [-0.2, 0) is 11.3 Å². The van der Waals surface area contributed by atoms with Gasteiger partial charge in [0.1, 0.15) is 6.61 Å². The summed E-state index contributed by atoms with van der Waals surface area (Å²) in [6.45, 7) is 4.29. The fourth-order valence-electron chi connectivity index (χ4n) is 4.92. The first-order valence-corrected chi connectivity index (χ1v) is 13.3. The second-order valence-electron chi connectivity index (χ2n) is 9.76. The van der Waals surface area contributed by atoms with Gasteiger partial charge in [-0.3, -0.25) is 4.79 Å². The lowest BCUT2D eigenvalue weighted by atomic mass is 10.1. The number of Topliss-reactive ketones (excluding diaryl/α,β-unsaturated/α-hetero) is 1. The van der Waals surface area contributed by atoms with E-state index in [2.05, 4.69) is 10.1 Å². The number of ketones is 1. The zero-order valence-corrected chi connectivity index (χ0v) is 22.7. The van der Waals surface area contributed by atoms with Crippen LogP contribution in [0.5, 0.6) is 11.5 Å². The van der Waals surface area contributed by atoms with E-state index in [0.717, 1.165) is 28.4 Å². The van der Waals surface area contributed by atoms with E-state index in [1.54, 1.807) is 10.7 Å². The quantitative estimate of drug-likeness (QED) is 0.193. The topological polar surface area (TPSA) is 97.5 Å². The molecule has 0 amide bonds. The summed E-state index contributed by atoms with van der Waals surface area (Å²) in [5.74, 6) is 0.713. The van der Waals surface area contributed by atoms with Crippen molar-refractivity contribution in [1.82, 2.24) is 19.3 Å². The number of nitrogens with zero attached hydrogens (tertiary/aromatic N) is 4. The van der Waals surface area contributed by atoms with E-state index in [9.17, 15) is 9.59 Å². The molecule has 9 heteroatoms. The van der Waals surface area contributed by atoms with Crippen LogP contribution in [0.3, 0.4) is 0 Å². The Kier molecular flexibility index (Phi) is 7.08. The zero-order chi connectivity index (χ0) is 28.3. The van der Waals surface area contributed by atoms with Crippen molar-refractivity contribution in [1.29, 1.82) is 0 Å². The van der Waals surface area contributed by atoms with Gasteiger partial charge in [-0.25, -0.2) is 14.5 Å². The number of carbonyl (C=O) groups is 2. The molecule has 3 heterocycles. The largest absolute Gasteiger partial charge is 0.486 e. The molecule has 0 N–H and O–H groups in total. The molecular formula is C32H28N4O5. The van der Waals surface area contributed by atoms with E-state index in [4.69, 9.17) is 14.2 Å². The SMILES string of the molecule is Cc1cc(C(=O)COC(=O)c2nc(-c3ccccc3)n(-c3ccccc3)n2)c(C)n1C[C@H]1COc2ccccc2O1. The highest BCUT2D eigenvalue weighted by atomic mass is 16.6. The maximum absolute atomic E-state index is 13.1. The highest BCUT2D eigenvalue weighted by molar-refractivity contribution is 6.00. The molecule has 1 atom stereocenters. The lowest BCUT2D eigenvalue weighted by Crippen LogP contribution is -2.33. The van der Waals surface area contributed by atoms with Crippen LogP contribution >= 0.6 is 0 Å². The van der Waals surface area contributed by atoms with Crippen molar-refractivity contribution in [2.24, 2.45) is 0 Å². The normalized spacial score (nSPS) is 14.0. The minimum atomic E-state index is -0.773. The maximum atomic E-state index is 13.1. The van der Waals surface area contributed by atoms with E-state index >= 15 is 0 Å². The van der Waals surface area contributed by atoms with Crippen molar-refractivity contribution in [2.75, 3.05) is 13.2 Å². The molecule has 9 nitrogen and oxygen atoms in total. The molecule has 0 unspecified atom stereocenters. The predicted octanol–water partition coefficient (Wildman–Crippen LogP) is 5.23. The van der Waals surface area contributed by atoms with Crippen molar-refractivity contribution in [3.05, 3.63) is 114 Å². The Morgan fingerprint density at radius 1 is 0.927 bits per heavy atom. The summed E-state index contributed by atoms with van der Waals surface area (Å²) in [7, 11) is 0. The molecule has 0 radical (unpaired) electrons. The third kappa shape index (κ3) is 5.34. The zero-order valence-electron chi connectivity index (χ0n) is 22.7. The summed E-state index contributed by atoms with van der Waals surface area (Å²) in [6.07, 6.45) is -0.208. The molecule has 0 aliphatic carbocycles. The van der Waals surface area contributed by atoms with Crippen molar-refractivity contribution in [2.45, 2.75) is 26.5 Å². The third-order valence-electron chi connectivity index (χ3n) is 6.98. The van der Waals surface area contributed by atoms with Crippen LogP contribution in [-0.4, -0.2) is 50.4 Å². The van der Waals surface area contributed by atoms with Crippen molar-refractivity contribution in [3.63, 3.8) is 0 Å². The molecule has 5 aromatic rings. The molecule has 0 saturated carbocycles. The third-order valence-corrected chi connectivity index (χ3v) is 6.98. The summed E-state index contributed by atoms with van der Waals surface area (Å²) in [6, 6.07) is 28.2. The maximum Gasteiger partial charge on any atom is 0.378 e. The molecule has 0 spiro atoms. The van der Waals surface area contributed by atoms with Gasteiger partial charge >= 0.3 is 5.97 Å². The van der Waals surface area contributed by atoms with E-state index in [0.29, 0.717) is 30.3 Å². The average Bonchev–Trinajstić information content (AvgIpc) is 3.58. The monoisotopic (exact) mass is 548 g/mol. The summed E-state index contributed by atoms with van der Waals surface area (Å²) >= 11 is 0. The Bertz CT molecular complexity index is 1650. The highest BCUT2D eigenvalue weighted by Gasteiger charge is 2.25. The molecule has 3 aromatic carbocycles. The standard InChI is InChI=1S/C32H28N4O5/c1-21-17-26(22(2)35(21)18-25-19-39-28-15-9-10-16-29(28)41-25)27(37)20-40-32(38)30-33-31(23-11-5-3-6-12-23)36(34-30)24-13-7-4-8-14-24/h3-17,25H,18-20H2,1-2H3/t25-/m0/s1. The second-order valence-corrected chi connectivity index (χ2v) is 9.76.